The molecule has 0 fully saturated rings. The summed E-state index contributed by atoms with van der Waals surface area (Å²) in [6.07, 6.45) is 1.46. The maximum Gasteiger partial charge on any atom is 0.265 e. The van der Waals surface area contributed by atoms with Gasteiger partial charge in [-0.25, -0.2) is 4.98 Å². The molecule has 1 amide bonds. The normalized spacial score (nSPS) is 10.9. The van der Waals surface area contributed by atoms with Gasteiger partial charge in [0.1, 0.15) is 12.1 Å². The molecule has 0 spiro atoms. The molecular weight excluding hydrogens is 330 g/mol. The van der Waals surface area contributed by atoms with E-state index >= 15 is 0 Å². The molecule has 6 nitrogen and oxygen atoms in total. The van der Waals surface area contributed by atoms with Gasteiger partial charge >= 0.3 is 0 Å². The van der Waals surface area contributed by atoms with Crippen molar-refractivity contribution in [2.75, 3.05) is 13.7 Å². The third-order valence-corrected chi connectivity index (χ3v) is 4.04. The summed E-state index contributed by atoms with van der Waals surface area (Å²) in [5.41, 5.74) is 1.38. The van der Waals surface area contributed by atoms with Gasteiger partial charge in [-0.05, 0) is 36.2 Å². The first-order valence-electron chi connectivity index (χ1n) is 8.44. The smallest absolute Gasteiger partial charge is 0.265 e. The predicted octanol–water partition coefficient (Wildman–Crippen LogP) is 2.78. The molecule has 3 aromatic rings. The van der Waals surface area contributed by atoms with Crippen molar-refractivity contribution in [1.29, 1.82) is 0 Å². The fourth-order valence-corrected chi connectivity index (χ4v) is 2.66. The van der Waals surface area contributed by atoms with Crippen LogP contribution in [0.15, 0.2) is 53.6 Å². The molecule has 134 valence electrons. The number of hydrogen-bond acceptors (Lipinski definition) is 4. The second kappa shape index (κ2) is 7.39. The number of hydrogen-bond donors (Lipinski definition) is 1. The van der Waals surface area contributed by atoms with Crippen molar-refractivity contribution in [3.05, 3.63) is 64.7 Å². The van der Waals surface area contributed by atoms with E-state index in [1.807, 2.05) is 26.0 Å². The number of carbonyl (C=O) groups is 1. The molecule has 0 unspecified atom stereocenters. The zero-order valence-electron chi connectivity index (χ0n) is 15.0. The molecule has 0 bridgehead atoms. The summed E-state index contributed by atoms with van der Waals surface area (Å²) in [6.45, 7) is 4.66. The molecule has 6 heteroatoms. The quantitative estimate of drug-likeness (QED) is 0.767. The highest BCUT2D eigenvalue weighted by Crippen LogP contribution is 2.21. The van der Waals surface area contributed by atoms with Crippen molar-refractivity contribution in [1.82, 2.24) is 14.9 Å². The lowest BCUT2D eigenvalue weighted by molar-refractivity contribution is 0.0949. The fraction of sp³-hybridized carbons (Fsp3) is 0.250. The molecule has 0 aliphatic heterocycles. The monoisotopic (exact) mass is 351 g/mol. The molecule has 0 aliphatic carbocycles. The van der Waals surface area contributed by atoms with E-state index in [0.29, 0.717) is 40.4 Å². The van der Waals surface area contributed by atoms with Crippen molar-refractivity contribution in [3.8, 4) is 11.4 Å². The molecule has 26 heavy (non-hydrogen) atoms. The van der Waals surface area contributed by atoms with Crippen LogP contribution in [-0.2, 0) is 0 Å². The van der Waals surface area contributed by atoms with E-state index in [1.54, 1.807) is 37.4 Å². The molecule has 3 rings (SSSR count). The summed E-state index contributed by atoms with van der Waals surface area (Å²) in [5.74, 6) is 0.780. The van der Waals surface area contributed by atoms with Crippen LogP contribution < -0.4 is 15.6 Å². The van der Waals surface area contributed by atoms with E-state index < -0.39 is 0 Å². The Morgan fingerprint density at radius 2 is 2.00 bits per heavy atom. The molecule has 1 heterocycles. The van der Waals surface area contributed by atoms with Crippen LogP contribution in [0.1, 0.15) is 24.2 Å². The van der Waals surface area contributed by atoms with Crippen molar-refractivity contribution in [2.45, 2.75) is 13.8 Å². The second-order valence-electron chi connectivity index (χ2n) is 6.43. The van der Waals surface area contributed by atoms with Crippen molar-refractivity contribution < 1.29 is 9.53 Å². The Balaban J connectivity index is 2.02. The fourth-order valence-electron chi connectivity index (χ4n) is 2.66. The number of rotatable bonds is 5. The standard InChI is InChI=1S/C20H21N3O3/c1-13(2)11-21-19(24)14-8-9-15-16(10-14)22-12-23(20(15)25)17-6-4-5-7-18(17)26-3/h4-10,12-13H,11H2,1-3H3,(H,21,24). The lowest BCUT2D eigenvalue weighted by Crippen LogP contribution is -2.27. The van der Waals surface area contributed by atoms with Gasteiger partial charge in [-0.3, -0.25) is 14.2 Å². The van der Waals surface area contributed by atoms with Gasteiger partial charge in [0.05, 0.1) is 23.7 Å². The SMILES string of the molecule is COc1ccccc1-n1cnc2cc(C(=O)NCC(C)C)ccc2c1=O. The Bertz CT molecular complexity index is 1010. The highest BCUT2D eigenvalue weighted by molar-refractivity contribution is 5.97. The van der Waals surface area contributed by atoms with Crippen molar-refractivity contribution >= 4 is 16.8 Å². The van der Waals surface area contributed by atoms with Crippen LogP contribution in [0.4, 0.5) is 0 Å². The average molecular weight is 351 g/mol. The topological polar surface area (TPSA) is 73.2 Å². The van der Waals surface area contributed by atoms with Crippen LogP contribution in [0.5, 0.6) is 5.75 Å². The van der Waals surface area contributed by atoms with Crippen molar-refractivity contribution in [2.24, 2.45) is 5.92 Å². The largest absolute Gasteiger partial charge is 0.495 e. The molecule has 2 aromatic carbocycles. The number of methoxy groups -OCH3 is 1. The predicted molar refractivity (Wildman–Crippen MR) is 101 cm³/mol. The highest BCUT2D eigenvalue weighted by Gasteiger charge is 2.12. The number of nitrogens with one attached hydrogen (secondary N) is 1. The number of amides is 1. The Hall–Kier alpha value is -3.15. The molecule has 0 atom stereocenters. The van der Waals surface area contributed by atoms with Crippen LogP contribution in [0, 0.1) is 5.92 Å². The van der Waals surface area contributed by atoms with Gasteiger partial charge in [-0.15, -0.1) is 0 Å². The second-order valence-corrected chi connectivity index (χ2v) is 6.43. The van der Waals surface area contributed by atoms with Crippen molar-refractivity contribution in [3.63, 3.8) is 0 Å². The molecule has 0 radical (unpaired) electrons. The minimum absolute atomic E-state index is 0.170. The first kappa shape index (κ1) is 17.7. The summed E-state index contributed by atoms with van der Waals surface area (Å²) in [6, 6.07) is 12.2. The zero-order chi connectivity index (χ0) is 18.7. The highest BCUT2D eigenvalue weighted by atomic mass is 16.5. The molecular formula is C20H21N3O3. The van der Waals surface area contributed by atoms with Crippen LogP contribution >= 0.6 is 0 Å². The third-order valence-electron chi connectivity index (χ3n) is 4.04. The van der Waals surface area contributed by atoms with E-state index in [-0.39, 0.29) is 11.5 Å². The summed E-state index contributed by atoms with van der Waals surface area (Å²) >= 11 is 0. The average Bonchev–Trinajstić information content (AvgIpc) is 2.66. The van der Waals surface area contributed by atoms with Crippen LogP contribution in [-0.4, -0.2) is 29.1 Å². The van der Waals surface area contributed by atoms with Crippen LogP contribution in [0.3, 0.4) is 0 Å². The number of aromatic nitrogens is 2. The van der Waals surface area contributed by atoms with Gasteiger partial charge in [0, 0.05) is 12.1 Å². The first-order valence-corrected chi connectivity index (χ1v) is 8.44. The lowest BCUT2D eigenvalue weighted by atomic mass is 10.1. The van der Waals surface area contributed by atoms with E-state index in [2.05, 4.69) is 10.3 Å². The molecule has 0 aliphatic rings. The van der Waals surface area contributed by atoms with E-state index in [0.717, 1.165) is 0 Å². The van der Waals surface area contributed by atoms with Gasteiger partial charge in [-0.2, -0.15) is 0 Å². The maximum absolute atomic E-state index is 12.9. The summed E-state index contributed by atoms with van der Waals surface area (Å²) in [7, 11) is 1.56. The Kier molecular flexibility index (Phi) is 5.02. The Morgan fingerprint density at radius 3 is 2.73 bits per heavy atom. The number of benzene rings is 2. The van der Waals surface area contributed by atoms with Gasteiger partial charge in [-0.1, -0.05) is 26.0 Å². The van der Waals surface area contributed by atoms with E-state index in [1.165, 1.54) is 10.9 Å². The molecule has 0 saturated carbocycles. The van der Waals surface area contributed by atoms with Gasteiger partial charge in [0.15, 0.2) is 0 Å². The molecule has 1 aromatic heterocycles. The first-order chi connectivity index (χ1) is 12.5. The maximum atomic E-state index is 12.9. The van der Waals surface area contributed by atoms with Gasteiger partial charge in [0.25, 0.3) is 11.5 Å². The third kappa shape index (κ3) is 3.44. The summed E-state index contributed by atoms with van der Waals surface area (Å²) in [5, 5.41) is 3.31. The number of carbonyl (C=O) groups excluding carboxylic acids is 1. The number of para-hydroxylation sites is 2. The summed E-state index contributed by atoms with van der Waals surface area (Å²) < 4.78 is 6.77. The molecule has 1 N–H and O–H groups in total. The lowest BCUT2D eigenvalue weighted by Gasteiger charge is -2.11. The zero-order valence-corrected chi connectivity index (χ0v) is 15.0. The van der Waals surface area contributed by atoms with Gasteiger partial charge in [0.2, 0.25) is 0 Å². The Labute approximate surface area is 151 Å². The summed E-state index contributed by atoms with van der Waals surface area (Å²) in [4.78, 5) is 29.4. The Morgan fingerprint density at radius 1 is 1.23 bits per heavy atom. The van der Waals surface area contributed by atoms with E-state index in [4.69, 9.17) is 4.74 Å². The number of ether oxygens (including phenoxy) is 1. The minimum Gasteiger partial charge on any atom is -0.495 e. The van der Waals surface area contributed by atoms with Gasteiger partial charge < -0.3 is 10.1 Å². The number of fused-ring (bicyclic) bond motifs is 1. The van der Waals surface area contributed by atoms with E-state index in [9.17, 15) is 9.59 Å². The van der Waals surface area contributed by atoms with Crippen LogP contribution in [0.25, 0.3) is 16.6 Å². The van der Waals surface area contributed by atoms with Crippen LogP contribution in [0.2, 0.25) is 0 Å². The minimum atomic E-state index is -0.214. The molecule has 0 saturated heterocycles. The number of nitrogens with zero attached hydrogens (tertiary/aromatic N) is 2.